The number of imidazole rings is 1. The summed E-state index contributed by atoms with van der Waals surface area (Å²) >= 11 is 0. The highest BCUT2D eigenvalue weighted by Crippen LogP contribution is 2.15. The van der Waals surface area contributed by atoms with E-state index in [-0.39, 0.29) is 23.8 Å². The Morgan fingerprint density at radius 3 is 2.84 bits per heavy atom. The molecule has 0 aliphatic carbocycles. The quantitative estimate of drug-likeness (QED) is 0.794. The van der Waals surface area contributed by atoms with E-state index in [1.165, 1.54) is 12.1 Å². The molecule has 19 heavy (non-hydrogen) atoms. The van der Waals surface area contributed by atoms with Gasteiger partial charge in [-0.05, 0) is 39.0 Å². The summed E-state index contributed by atoms with van der Waals surface area (Å²) in [7, 11) is 0. The van der Waals surface area contributed by atoms with Gasteiger partial charge in [0.2, 0.25) is 11.9 Å². The van der Waals surface area contributed by atoms with E-state index in [9.17, 15) is 9.18 Å². The van der Waals surface area contributed by atoms with Gasteiger partial charge >= 0.3 is 0 Å². The Kier molecular flexibility index (Phi) is 3.42. The third-order valence-corrected chi connectivity index (χ3v) is 2.37. The molecule has 1 heterocycles. The third-order valence-electron chi connectivity index (χ3n) is 2.37. The Balaban J connectivity index is 2.00. The third kappa shape index (κ3) is 3.67. The lowest BCUT2D eigenvalue weighted by molar-refractivity contribution is -0.120. The van der Waals surface area contributed by atoms with E-state index in [0.29, 0.717) is 17.0 Å². The minimum Gasteiger partial charge on any atom is -0.350 e. The van der Waals surface area contributed by atoms with Crippen LogP contribution in [-0.4, -0.2) is 28.0 Å². The monoisotopic (exact) mass is 264 g/mol. The lowest BCUT2D eigenvalue weighted by atomic mass is 10.1. The number of halogens is 1. The molecule has 5 nitrogen and oxygen atoms in total. The molecule has 0 radical (unpaired) electrons. The van der Waals surface area contributed by atoms with E-state index >= 15 is 0 Å². The van der Waals surface area contributed by atoms with Crippen LogP contribution < -0.4 is 10.6 Å². The first-order chi connectivity index (χ1) is 8.83. The summed E-state index contributed by atoms with van der Waals surface area (Å²) in [5.41, 5.74) is 0.981. The van der Waals surface area contributed by atoms with E-state index in [1.54, 1.807) is 6.07 Å². The summed E-state index contributed by atoms with van der Waals surface area (Å²) in [6.07, 6.45) is 0. The highest BCUT2D eigenvalue weighted by atomic mass is 19.1. The smallest absolute Gasteiger partial charge is 0.239 e. The summed E-state index contributed by atoms with van der Waals surface area (Å²) in [5.74, 6) is -0.00280. The average molecular weight is 264 g/mol. The number of fused-ring (bicyclic) bond motifs is 1. The molecule has 0 bridgehead atoms. The molecule has 0 saturated heterocycles. The van der Waals surface area contributed by atoms with Crippen molar-refractivity contribution in [3.63, 3.8) is 0 Å². The molecule has 102 valence electrons. The first-order valence-corrected chi connectivity index (χ1v) is 6.04. The average Bonchev–Trinajstić information content (AvgIpc) is 2.66. The van der Waals surface area contributed by atoms with Crippen LogP contribution in [0.3, 0.4) is 0 Å². The number of hydrogen-bond acceptors (Lipinski definition) is 3. The van der Waals surface area contributed by atoms with Crippen LogP contribution in [0.15, 0.2) is 18.2 Å². The van der Waals surface area contributed by atoms with Gasteiger partial charge < -0.3 is 15.6 Å². The molecule has 6 heteroatoms. The van der Waals surface area contributed by atoms with Gasteiger partial charge in [0, 0.05) is 5.54 Å². The number of H-pyrrole nitrogens is 1. The van der Waals surface area contributed by atoms with Crippen molar-refractivity contribution in [3.8, 4) is 0 Å². The highest BCUT2D eigenvalue weighted by molar-refractivity contribution is 5.82. The van der Waals surface area contributed by atoms with E-state index < -0.39 is 0 Å². The standard InChI is InChI=1S/C13H17FN4O/c1-13(2,3)18-11(19)7-15-12-16-9-5-4-8(14)6-10(9)17-12/h4-6H,7H2,1-3H3,(H,18,19)(H2,15,16,17). The predicted octanol–water partition coefficient (Wildman–Crippen LogP) is 2.03. The van der Waals surface area contributed by atoms with Crippen LogP contribution in [0.2, 0.25) is 0 Å². The minimum absolute atomic E-state index is 0.111. The Bertz CT molecular complexity index is 600. The zero-order chi connectivity index (χ0) is 14.0. The molecule has 1 aromatic heterocycles. The maximum Gasteiger partial charge on any atom is 0.239 e. The SMILES string of the molecule is CC(C)(C)NC(=O)CNc1nc2ccc(F)cc2[nH]1. The first-order valence-electron chi connectivity index (χ1n) is 6.04. The van der Waals surface area contributed by atoms with E-state index in [1.807, 2.05) is 20.8 Å². The Hall–Kier alpha value is -2.11. The van der Waals surface area contributed by atoms with Crippen LogP contribution in [0.4, 0.5) is 10.3 Å². The van der Waals surface area contributed by atoms with Crippen molar-refractivity contribution in [2.45, 2.75) is 26.3 Å². The number of amides is 1. The minimum atomic E-state index is -0.326. The van der Waals surface area contributed by atoms with Gasteiger partial charge in [-0.15, -0.1) is 0 Å². The van der Waals surface area contributed by atoms with Crippen LogP contribution in [-0.2, 0) is 4.79 Å². The molecular weight excluding hydrogens is 247 g/mol. The second kappa shape index (κ2) is 4.87. The molecule has 0 fully saturated rings. The fraction of sp³-hybridized carbons (Fsp3) is 0.385. The van der Waals surface area contributed by atoms with Gasteiger partial charge in [-0.2, -0.15) is 0 Å². The van der Waals surface area contributed by atoms with Gasteiger partial charge in [0.15, 0.2) is 0 Å². The summed E-state index contributed by atoms with van der Waals surface area (Å²) in [6, 6.07) is 4.30. The van der Waals surface area contributed by atoms with Gasteiger partial charge in [0.05, 0.1) is 17.6 Å². The number of carbonyl (C=O) groups is 1. The molecule has 1 amide bonds. The van der Waals surface area contributed by atoms with Crippen LogP contribution in [0.5, 0.6) is 0 Å². The molecule has 0 spiro atoms. The maximum atomic E-state index is 13.0. The van der Waals surface area contributed by atoms with Crippen molar-refractivity contribution >= 4 is 22.9 Å². The molecule has 3 N–H and O–H groups in total. The summed E-state index contributed by atoms with van der Waals surface area (Å²) in [5, 5.41) is 5.70. The van der Waals surface area contributed by atoms with Gasteiger partial charge in [0.1, 0.15) is 5.82 Å². The zero-order valence-corrected chi connectivity index (χ0v) is 11.2. The van der Waals surface area contributed by atoms with Crippen molar-refractivity contribution in [1.82, 2.24) is 15.3 Å². The number of aromatic amines is 1. The molecule has 0 unspecified atom stereocenters. The molecule has 2 rings (SSSR count). The number of hydrogen-bond donors (Lipinski definition) is 3. The van der Waals surface area contributed by atoms with Gasteiger partial charge in [-0.1, -0.05) is 0 Å². The molecular formula is C13H17FN4O. The summed E-state index contributed by atoms with van der Waals surface area (Å²) in [6.45, 7) is 5.85. The fourth-order valence-corrected chi connectivity index (χ4v) is 1.69. The van der Waals surface area contributed by atoms with Crippen molar-refractivity contribution in [2.24, 2.45) is 0 Å². The summed E-state index contributed by atoms with van der Waals surface area (Å²) < 4.78 is 13.0. The second-order valence-electron chi connectivity index (χ2n) is 5.40. The lowest BCUT2D eigenvalue weighted by Gasteiger charge is -2.20. The molecule has 0 aliphatic rings. The Morgan fingerprint density at radius 1 is 1.42 bits per heavy atom. The molecule has 0 saturated carbocycles. The first kappa shape index (κ1) is 13.3. The normalized spacial score (nSPS) is 11.6. The van der Waals surface area contributed by atoms with Gasteiger partial charge in [-0.25, -0.2) is 9.37 Å². The number of benzene rings is 1. The van der Waals surface area contributed by atoms with Crippen LogP contribution in [0.25, 0.3) is 11.0 Å². The number of anilines is 1. The van der Waals surface area contributed by atoms with Crippen molar-refractivity contribution in [3.05, 3.63) is 24.0 Å². The Labute approximate surface area is 110 Å². The number of carbonyl (C=O) groups excluding carboxylic acids is 1. The van der Waals surface area contributed by atoms with E-state index in [2.05, 4.69) is 20.6 Å². The lowest BCUT2D eigenvalue weighted by Crippen LogP contribution is -2.43. The number of nitrogens with zero attached hydrogens (tertiary/aromatic N) is 1. The predicted molar refractivity (Wildman–Crippen MR) is 72.4 cm³/mol. The van der Waals surface area contributed by atoms with E-state index in [4.69, 9.17) is 0 Å². The maximum absolute atomic E-state index is 13.0. The fourth-order valence-electron chi connectivity index (χ4n) is 1.69. The van der Waals surface area contributed by atoms with Crippen molar-refractivity contribution < 1.29 is 9.18 Å². The Morgan fingerprint density at radius 2 is 2.16 bits per heavy atom. The van der Waals surface area contributed by atoms with Gasteiger partial charge in [-0.3, -0.25) is 4.79 Å². The molecule has 0 atom stereocenters. The highest BCUT2D eigenvalue weighted by Gasteiger charge is 2.13. The van der Waals surface area contributed by atoms with Crippen molar-refractivity contribution in [1.29, 1.82) is 0 Å². The van der Waals surface area contributed by atoms with Crippen LogP contribution in [0.1, 0.15) is 20.8 Å². The zero-order valence-electron chi connectivity index (χ0n) is 11.2. The topological polar surface area (TPSA) is 69.8 Å². The number of aromatic nitrogens is 2. The second-order valence-corrected chi connectivity index (χ2v) is 5.40. The molecule has 0 aliphatic heterocycles. The van der Waals surface area contributed by atoms with Crippen LogP contribution in [0, 0.1) is 5.82 Å². The van der Waals surface area contributed by atoms with Crippen LogP contribution >= 0.6 is 0 Å². The number of nitrogens with one attached hydrogen (secondary N) is 3. The molecule has 1 aromatic carbocycles. The molecule has 2 aromatic rings. The number of rotatable bonds is 3. The van der Waals surface area contributed by atoms with Gasteiger partial charge in [0.25, 0.3) is 0 Å². The van der Waals surface area contributed by atoms with E-state index in [0.717, 1.165) is 0 Å². The van der Waals surface area contributed by atoms with Crippen molar-refractivity contribution in [2.75, 3.05) is 11.9 Å². The largest absolute Gasteiger partial charge is 0.350 e. The summed E-state index contributed by atoms with van der Waals surface area (Å²) in [4.78, 5) is 18.7.